The smallest absolute Gasteiger partial charge is 0.305 e. The van der Waals surface area contributed by atoms with Crippen LogP contribution in [0.5, 0.6) is 0 Å². The molecule has 0 saturated carbocycles. The highest BCUT2D eigenvalue weighted by molar-refractivity contribution is 5.85. The highest BCUT2D eigenvalue weighted by Crippen LogP contribution is 2.14. The maximum atomic E-state index is 11.7. The third kappa shape index (κ3) is 4.70. The van der Waals surface area contributed by atoms with Crippen LogP contribution >= 0.6 is 0 Å². The quantitative estimate of drug-likeness (QED) is 0.691. The Labute approximate surface area is 101 Å². The van der Waals surface area contributed by atoms with Gasteiger partial charge in [-0.15, -0.1) is 0 Å². The van der Waals surface area contributed by atoms with Crippen LogP contribution in [0.3, 0.4) is 0 Å². The Bertz CT molecular complexity index is 277. The van der Waals surface area contributed by atoms with Crippen LogP contribution in [0.15, 0.2) is 0 Å². The molecule has 98 valence electrons. The van der Waals surface area contributed by atoms with E-state index in [0.29, 0.717) is 19.1 Å². The Morgan fingerprint density at radius 2 is 2.29 bits per heavy atom. The predicted octanol–water partition coefficient (Wildman–Crippen LogP) is -0.327. The van der Waals surface area contributed by atoms with E-state index in [0.717, 1.165) is 19.4 Å². The number of carbonyl (C=O) groups excluding carboxylic acids is 1. The van der Waals surface area contributed by atoms with Gasteiger partial charge in [0.15, 0.2) is 0 Å². The van der Waals surface area contributed by atoms with Gasteiger partial charge >= 0.3 is 5.97 Å². The number of carbonyl (C=O) groups is 2. The van der Waals surface area contributed by atoms with Gasteiger partial charge in [-0.1, -0.05) is 0 Å². The molecular weight excluding hydrogens is 224 g/mol. The lowest BCUT2D eigenvalue weighted by molar-refractivity contribution is -0.141. The Morgan fingerprint density at radius 1 is 1.59 bits per heavy atom. The van der Waals surface area contributed by atoms with Crippen molar-refractivity contribution in [1.82, 2.24) is 4.90 Å². The molecule has 1 fully saturated rings. The molecule has 1 aliphatic heterocycles. The minimum absolute atomic E-state index is 0.321. The van der Waals surface area contributed by atoms with Crippen LogP contribution in [-0.2, 0) is 14.3 Å². The molecule has 0 spiro atoms. The Kier molecular flexibility index (Phi) is 5.37. The van der Waals surface area contributed by atoms with Crippen molar-refractivity contribution in [3.05, 3.63) is 0 Å². The standard InChI is InChI=1S/C11H20N2O4/c1-13(6-8-3-2-4-17-7-8)11(16)9(12)5-10(14)15/h8-9H,2-7,12H2,1H3,(H,14,15). The van der Waals surface area contributed by atoms with Gasteiger partial charge in [0.25, 0.3) is 0 Å². The van der Waals surface area contributed by atoms with E-state index in [1.54, 1.807) is 7.05 Å². The second kappa shape index (κ2) is 6.56. The van der Waals surface area contributed by atoms with Gasteiger partial charge < -0.3 is 20.5 Å². The highest BCUT2D eigenvalue weighted by Gasteiger charge is 2.23. The summed E-state index contributed by atoms with van der Waals surface area (Å²) >= 11 is 0. The summed E-state index contributed by atoms with van der Waals surface area (Å²) in [6, 6.07) is -0.956. The first-order valence-electron chi connectivity index (χ1n) is 5.80. The minimum atomic E-state index is -1.06. The van der Waals surface area contributed by atoms with E-state index in [4.69, 9.17) is 15.6 Å². The van der Waals surface area contributed by atoms with E-state index < -0.39 is 12.0 Å². The van der Waals surface area contributed by atoms with Gasteiger partial charge in [-0.05, 0) is 18.8 Å². The normalized spacial score (nSPS) is 21.9. The van der Waals surface area contributed by atoms with Crippen molar-refractivity contribution in [2.45, 2.75) is 25.3 Å². The first-order chi connectivity index (χ1) is 8.00. The summed E-state index contributed by atoms with van der Waals surface area (Å²) in [7, 11) is 1.65. The molecule has 6 heteroatoms. The van der Waals surface area contributed by atoms with Gasteiger partial charge in [0.05, 0.1) is 19.1 Å². The first-order valence-corrected chi connectivity index (χ1v) is 5.80. The van der Waals surface area contributed by atoms with Crippen LogP contribution < -0.4 is 5.73 Å². The second-order valence-corrected chi connectivity index (χ2v) is 4.51. The lowest BCUT2D eigenvalue weighted by Gasteiger charge is -2.28. The molecule has 0 aromatic rings. The van der Waals surface area contributed by atoms with Crippen molar-refractivity contribution in [1.29, 1.82) is 0 Å². The summed E-state index contributed by atoms with van der Waals surface area (Å²) in [5.74, 6) is -1.05. The van der Waals surface area contributed by atoms with E-state index in [9.17, 15) is 9.59 Å². The van der Waals surface area contributed by atoms with Gasteiger partial charge in [0.2, 0.25) is 5.91 Å². The number of likely N-dealkylation sites (N-methyl/N-ethyl adjacent to an activating group) is 1. The summed E-state index contributed by atoms with van der Waals surface area (Å²) in [6.07, 6.45) is 1.71. The fourth-order valence-electron chi connectivity index (χ4n) is 1.99. The average molecular weight is 244 g/mol. The van der Waals surface area contributed by atoms with Gasteiger partial charge in [-0.3, -0.25) is 9.59 Å². The topological polar surface area (TPSA) is 92.9 Å². The van der Waals surface area contributed by atoms with Crippen LogP contribution in [0.4, 0.5) is 0 Å². The molecule has 0 aliphatic carbocycles. The molecule has 1 rings (SSSR count). The molecule has 17 heavy (non-hydrogen) atoms. The highest BCUT2D eigenvalue weighted by atomic mass is 16.5. The molecular formula is C11H20N2O4. The minimum Gasteiger partial charge on any atom is -0.481 e. The van der Waals surface area contributed by atoms with Crippen molar-refractivity contribution in [3.8, 4) is 0 Å². The molecule has 0 bridgehead atoms. The molecule has 0 aromatic heterocycles. The van der Waals surface area contributed by atoms with E-state index in [1.165, 1.54) is 4.90 Å². The number of hydrogen-bond donors (Lipinski definition) is 2. The summed E-state index contributed by atoms with van der Waals surface area (Å²) in [6.45, 7) is 2.02. The number of ether oxygens (including phenoxy) is 1. The Hall–Kier alpha value is -1.14. The van der Waals surface area contributed by atoms with E-state index in [-0.39, 0.29) is 12.3 Å². The van der Waals surface area contributed by atoms with Gasteiger partial charge in [0.1, 0.15) is 0 Å². The lowest BCUT2D eigenvalue weighted by atomic mass is 10.0. The lowest BCUT2D eigenvalue weighted by Crippen LogP contribution is -2.45. The molecule has 3 N–H and O–H groups in total. The van der Waals surface area contributed by atoms with Crippen molar-refractivity contribution < 1.29 is 19.4 Å². The summed E-state index contributed by atoms with van der Waals surface area (Å²) in [4.78, 5) is 23.7. The third-order valence-electron chi connectivity index (χ3n) is 2.87. The van der Waals surface area contributed by atoms with Crippen LogP contribution in [0.2, 0.25) is 0 Å². The molecule has 0 aromatic carbocycles. The van der Waals surface area contributed by atoms with Crippen molar-refractivity contribution in [3.63, 3.8) is 0 Å². The number of aliphatic carboxylic acids is 1. The molecule has 1 amide bonds. The van der Waals surface area contributed by atoms with Gasteiger partial charge in [-0.2, -0.15) is 0 Å². The van der Waals surface area contributed by atoms with Crippen LogP contribution in [0.1, 0.15) is 19.3 Å². The molecule has 1 heterocycles. The molecule has 1 saturated heterocycles. The predicted molar refractivity (Wildman–Crippen MR) is 61.4 cm³/mol. The van der Waals surface area contributed by atoms with E-state index in [2.05, 4.69) is 0 Å². The Balaban J connectivity index is 2.37. The molecule has 0 radical (unpaired) electrons. The number of carboxylic acids is 1. The number of rotatable bonds is 5. The summed E-state index contributed by atoms with van der Waals surface area (Å²) < 4.78 is 5.32. The van der Waals surface area contributed by atoms with Crippen LogP contribution in [0, 0.1) is 5.92 Å². The number of nitrogens with zero attached hydrogens (tertiary/aromatic N) is 1. The summed E-state index contributed by atoms with van der Waals surface area (Å²) in [5, 5.41) is 8.57. The molecule has 2 unspecified atom stereocenters. The first kappa shape index (κ1) is 13.9. The zero-order valence-corrected chi connectivity index (χ0v) is 10.1. The van der Waals surface area contributed by atoms with E-state index >= 15 is 0 Å². The van der Waals surface area contributed by atoms with Crippen molar-refractivity contribution in [2.24, 2.45) is 11.7 Å². The van der Waals surface area contributed by atoms with E-state index in [1.807, 2.05) is 0 Å². The monoisotopic (exact) mass is 244 g/mol. The third-order valence-corrected chi connectivity index (χ3v) is 2.87. The number of hydrogen-bond acceptors (Lipinski definition) is 4. The zero-order valence-electron chi connectivity index (χ0n) is 10.1. The van der Waals surface area contributed by atoms with Crippen LogP contribution in [0.25, 0.3) is 0 Å². The zero-order chi connectivity index (χ0) is 12.8. The largest absolute Gasteiger partial charge is 0.481 e. The Morgan fingerprint density at radius 3 is 2.82 bits per heavy atom. The number of nitrogens with two attached hydrogens (primary N) is 1. The number of amides is 1. The summed E-state index contributed by atoms with van der Waals surface area (Å²) in [5.41, 5.74) is 5.52. The van der Waals surface area contributed by atoms with Gasteiger partial charge in [0, 0.05) is 20.2 Å². The molecule has 2 atom stereocenters. The SMILES string of the molecule is CN(CC1CCCOC1)C(=O)C(N)CC(=O)O. The maximum Gasteiger partial charge on any atom is 0.305 e. The van der Waals surface area contributed by atoms with Gasteiger partial charge in [-0.25, -0.2) is 0 Å². The fraction of sp³-hybridized carbons (Fsp3) is 0.818. The molecule has 1 aliphatic rings. The van der Waals surface area contributed by atoms with Crippen molar-refractivity contribution in [2.75, 3.05) is 26.8 Å². The maximum absolute atomic E-state index is 11.7. The van der Waals surface area contributed by atoms with Crippen molar-refractivity contribution >= 4 is 11.9 Å². The number of carboxylic acid groups (broad SMARTS) is 1. The second-order valence-electron chi connectivity index (χ2n) is 4.51. The fourth-order valence-corrected chi connectivity index (χ4v) is 1.99. The van der Waals surface area contributed by atoms with Crippen LogP contribution in [-0.4, -0.2) is 54.7 Å². The molecule has 6 nitrogen and oxygen atoms in total. The average Bonchev–Trinajstić information content (AvgIpc) is 2.28.